The zero-order valence-corrected chi connectivity index (χ0v) is 20.8. The zero-order valence-electron chi connectivity index (χ0n) is 18.5. The Labute approximate surface area is 212 Å². The van der Waals surface area contributed by atoms with E-state index in [0.717, 1.165) is 22.9 Å². The van der Waals surface area contributed by atoms with Crippen molar-refractivity contribution in [3.63, 3.8) is 0 Å². The van der Waals surface area contributed by atoms with Crippen LogP contribution in [-0.4, -0.2) is 23.2 Å². The van der Waals surface area contributed by atoms with E-state index in [9.17, 15) is 9.59 Å². The second-order valence-electron chi connectivity index (χ2n) is 7.59. The molecule has 8 heteroatoms. The number of carbonyl (C=O) groups excluding carboxylic acids is 2. The molecule has 3 aromatic rings. The second-order valence-corrected chi connectivity index (χ2v) is 9.40. The first-order valence-corrected chi connectivity index (χ1v) is 12.0. The van der Waals surface area contributed by atoms with Crippen molar-refractivity contribution in [2.45, 2.75) is 20.1 Å². The lowest BCUT2D eigenvalue weighted by Crippen LogP contribution is -2.27. The number of methoxy groups -OCH3 is 1. The predicted octanol–water partition coefficient (Wildman–Crippen LogP) is 7.13. The van der Waals surface area contributed by atoms with Gasteiger partial charge >= 0.3 is 0 Å². The summed E-state index contributed by atoms with van der Waals surface area (Å²) >= 11 is 13.4. The van der Waals surface area contributed by atoms with Crippen LogP contribution in [0.5, 0.6) is 11.5 Å². The maximum Gasteiger partial charge on any atom is 0.293 e. The van der Waals surface area contributed by atoms with E-state index in [1.165, 1.54) is 4.90 Å². The lowest BCUT2D eigenvalue weighted by atomic mass is 10.1. The van der Waals surface area contributed by atoms with Crippen molar-refractivity contribution in [1.29, 1.82) is 0 Å². The van der Waals surface area contributed by atoms with Crippen LogP contribution in [-0.2, 0) is 17.9 Å². The second kappa shape index (κ2) is 10.6. The SMILES string of the molecule is COc1ccc(/C=C2\SC(=O)N(Cc3ccccc3C)C2=O)cc1OCc1c(Cl)cccc1Cl. The third-order valence-electron chi connectivity index (χ3n) is 5.38. The van der Waals surface area contributed by atoms with E-state index in [4.69, 9.17) is 32.7 Å². The van der Waals surface area contributed by atoms with Crippen LogP contribution in [0.3, 0.4) is 0 Å². The van der Waals surface area contributed by atoms with Crippen molar-refractivity contribution in [3.8, 4) is 11.5 Å². The Morgan fingerprint density at radius 1 is 0.971 bits per heavy atom. The van der Waals surface area contributed by atoms with Gasteiger partial charge in [0.2, 0.25) is 0 Å². The Kier molecular flexibility index (Phi) is 7.51. The third kappa shape index (κ3) is 5.25. The summed E-state index contributed by atoms with van der Waals surface area (Å²) < 4.78 is 11.4. The van der Waals surface area contributed by atoms with Crippen LogP contribution >= 0.6 is 35.0 Å². The van der Waals surface area contributed by atoms with E-state index in [1.54, 1.807) is 49.6 Å². The van der Waals surface area contributed by atoms with Gasteiger partial charge < -0.3 is 9.47 Å². The number of amides is 2. The molecule has 174 valence electrons. The monoisotopic (exact) mass is 513 g/mol. The van der Waals surface area contributed by atoms with Crippen LogP contribution in [0.15, 0.2) is 65.6 Å². The fourth-order valence-electron chi connectivity index (χ4n) is 3.46. The molecule has 0 aliphatic carbocycles. The van der Waals surface area contributed by atoms with Gasteiger partial charge in [-0.3, -0.25) is 14.5 Å². The number of halogens is 2. The summed E-state index contributed by atoms with van der Waals surface area (Å²) in [5.41, 5.74) is 3.32. The summed E-state index contributed by atoms with van der Waals surface area (Å²) in [4.78, 5) is 27.1. The van der Waals surface area contributed by atoms with Crippen LogP contribution in [0.2, 0.25) is 10.0 Å². The lowest BCUT2D eigenvalue weighted by molar-refractivity contribution is -0.123. The van der Waals surface area contributed by atoms with Crippen molar-refractivity contribution < 1.29 is 19.1 Å². The van der Waals surface area contributed by atoms with E-state index in [-0.39, 0.29) is 24.3 Å². The molecule has 1 saturated heterocycles. The lowest BCUT2D eigenvalue weighted by Gasteiger charge is -2.14. The first kappa shape index (κ1) is 24.2. The molecule has 3 aromatic carbocycles. The Bertz CT molecular complexity index is 1270. The number of nitrogens with zero attached hydrogens (tertiary/aromatic N) is 1. The smallest absolute Gasteiger partial charge is 0.293 e. The number of hydrogen-bond donors (Lipinski definition) is 0. The van der Waals surface area contributed by atoms with Crippen LogP contribution < -0.4 is 9.47 Å². The fraction of sp³-hybridized carbons (Fsp3) is 0.154. The molecule has 0 aromatic heterocycles. The van der Waals surface area contributed by atoms with Crippen LogP contribution in [0, 0.1) is 6.92 Å². The Hall–Kier alpha value is -2.93. The maximum atomic E-state index is 13.0. The van der Waals surface area contributed by atoms with Crippen molar-refractivity contribution >= 4 is 52.2 Å². The molecule has 0 spiro atoms. The van der Waals surface area contributed by atoms with Crippen molar-refractivity contribution in [2.24, 2.45) is 0 Å². The molecule has 2 amide bonds. The molecule has 0 N–H and O–H groups in total. The first-order valence-electron chi connectivity index (χ1n) is 10.4. The molecule has 34 heavy (non-hydrogen) atoms. The zero-order chi connectivity index (χ0) is 24.2. The Balaban J connectivity index is 1.55. The van der Waals surface area contributed by atoms with Gasteiger partial charge in [0.05, 0.1) is 18.6 Å². The summed E-state index contributed by atoms with van der Waals surface area (Å²) in [5.74, 6) is 0.666. The van der Waals surface area contributed by atoms with E-state index >= 15 is 0 Å². The predicted molar refractivity (Wildman–Crippen MR) is 136 cm³/mol. The van der Waals surface area contributed by atoms with E-state index < -0.39 is 0 Å². The highest BCUT2D eigenvalue weighted by atomic mass is 35.5. The fourth-order valence-corrected chi connectivity index (χ4v) is 4.81. The molecule has 0 saturated carbocycles. The molecule has 4 rings (SSSR count). The number of hydrogen-bond acceptors (Lipinski definition) is 5. The minimum absolute atomic E-state index is 0.144. The molecule has 5 nitrogen and oxygen atoms in total. The molecule has 0 bridgehead atoms. The van der Waals surface area contributed by atoms with Gasteiger partial charge in [-0.25, -0.2) is 0 Å². The number of rotatable bonds is 7. The molecule has 0 unspecified atom stereocenters. The minimum atomic E-state index is -0.320. The van der Waals surface area contributed by atoms with Crippen LogP contribution in [0.25, 0.3) is 6.08 Å². The highest BCUT2D eigenvalue weighted by Gasteiger charge is 2.35. The molecule has 1 aliphatic heterocycles. The summed E-state index contributed by atoms with van der Waals surface area (Å²) in [6, 6.07) is 18.2. The molecule has 0 atom stereocenters. The molecule has 1 fully saturated rings. The average molecular weight is 514 g/mol. The number of benzene rings is 3. The molecule has 1 aliphatic rings. The maximum absolute atomic E-state index is 13.0. The highest BCUT2D eigenvalue weighted by Crippen LogP contribution is 2.36. The van der Waals surface area contributed by atoms with Crippen molar-refractivity contribution in [2.75, 3.05) is 7.11 Å². The normalized spacial score (nSPS) is 14.7. The minimum Gasteiger partial charge on any atom is -0.493 e. The molecular formula is C26H21Cl2NO4S. The van der Waals surface area contributed by atoms with Gasteiger partial charge in [-0.1, -0.05) is 59.6 Å². The van der Waals surface area contributed by atoms with Gasteiger partial charge in [-0.15, -0.1) is 0 Å². The van der Waals surface area contributed by atoms with Gasteiger partial charge in [0, 0.05) is 15.6 Å². The topological polar surface area (TPSA) is 55.8 Å². The Morgan fingerprint density at radius 3 is 2.41 bits per heavy atom. The van der Waals surface area contributed by atoms with Crippen LogP contribution in [0.1, 0.15) is 22.3 Å². The number of ether oxygens (including phenoxy) is 2. The van der Waals surface area contributed by atoms with E-state index in [1.807, 2.05) is 31.2 Å². The first-order chi connectivity index (χ1) is 16.4. The van der Waals surface area contributed by atoms with Gasteiger partial charge in [0.1, 0.15) is 6.61 Å². The Morgan fingerprint density at radius 2 is 1.71 bits per heavy atom. The summed E-state index contributed by atoms with van der Waals surface area (Å²) in [6.45, 7) is 2.34. The number of thioether (sulfide) groups is 1. The van der Waals surface area contributed by atoms with Crippen LogP contribution in [0.4, 0.5) is 4.79 Å². The van der Waals surface area contributed by atoms with E-state index in [2.05, 4.69) is 0 Å². The number of aryl methyl sites for hydroxylation is 1. The van der Waals surface area contributed by atoms with E-state index in [0.29, 0.717) is 37.6 Å². The van der Waals surface area contributed by atoms with Gasteiger partial charge in [0.25, 0.3) is 11.1 Å². The summed E-state index contributed by atoms with van der Waals surface area (Å²) in [5, 5.41) is 0.716. The number of imide groups is 1. The van der Waals surface area contributed by atoms with Crippen molar-refractivity contribution in [3.05, 3.63) is 97.9 Å². The largest absolute Gasteiger partial charge is 0.493 e. The van der Waals surface area contributed by atoms with Gasteiger partial charge in [-0.2, -0.15) is 0 Å². The average Bonchev–Trinajstić information content (AvgIpc) is 3.07. The van der Waals surface area contributed by atoms with Gasteiger partial charge in [-0.05, 0) is 65.7 Å². The summed E-state index contributed by atoms with van der Waals surface area (Å²) in [6.07, 6.45) is 1.68. The van der Waals surface area contributed by atoms with Crippen molar-refractivity contribution in [1.82, 2.24) is 4.90 Å². The summed E-state index contributed by atoms with van der Waals surface area (Å²) in [7, 11) is 1.54. The number of carbonyl (C=O) groups is 2. The highest BCUT2D eigenvalue weighted by molar-refractivity contribution is 8.18. The molecular weight excluding hydrogens is 493 g/mol. The molecule has 1 heterocycles. The van der Waals surface area contributed by atoms with Gasteiger partial charge in [0.15, 0.2) is 11.5 Å². The third-order valence-corrected chi connectivity index (χ3v) is 7.00. The standard InChI is InChI=1S/C26H21Cl2NO4S/c1-16-6-3-4-7-18(16)14-29-25(30)24(34-26(29)31)13-17-10-11-22(32-2)23(12-17)33-15-19-20(27)8-5-9-21(19)28/h3-13H,14-15H2,1-2H3/b24-13-. The quantitative estimate of drug-likeness (QED) is 0.314. The molecule has 0 radical (unpaired) electrons.